The van der Waals surface area contributed by atoms with Crippen molar-refractivity contribution < 1.29 is 14.2 Å². The zero-order valence-electron chi connectivity index (χ0n) is 13.1. The van der Waals surface area contributed by atoms with Gasteiger partial charge in [0.15, 0.2) is 0 Å². The molecule has 0 aliphatic rings. The van der Waals surface area contributed by atoms with Crippen LogP contribution in [-0.2, 0) is 14.2 Å². The fourth-order valence-electron chi connectivity index (χ4n) is 2.00. The van der Waals surface area contributed by atoms with Crippen LogP contribution in [0.1, 0.15) is 27.2 Å². The van der Waals surface area contributed by atoms with E-state index in [0.717, 1.165) is 45.9 Å². The number of ether oxygens (including phenoxy) is 3. The minimum Gasteiger partial charge on any atom is -0.385 e. The molecule has 0 aliphatic heterocycles. The van der Waals surface area contributed by atoms with E-state index in [2.05, 4.69) is 11.8 Å². The van der Waals surface area contributed by atoms with Gasteiger partial charge < -0.3 is 19.9 Å². The van der Waals surface area contributed by atoms with E-state index in [1.807, 2.05) is 13.8 Å². The predicted molar refractivity (Wildman–Crippen MR) is 78.5 cm³/mol. The summed E-state index contributed by atoms with van der Waals surface area (Å²) in [6.07, 6.45) is 0.915. The fourth-order valence-corrected chi connectivity index (χ4v) is 2.00. The van der Waals surface area contributed by atoms with Crippen LogP contribution >= 0.6 is 0 Å². The van der Waals surface area contributed by atoms with Crippen molar-refractivity contribution in [3.05, 3.63) is 0 Å². The molecular formula is C14H32N2O3. The summed E-state index contributed by atoms with van der Waals surface area (Å²) in [6, 6.07) is 0. The second-order valence-corrected chi connectivity index (χ2v) is 4.82. The number of rotatable bonds is 13. The number of hydrogen-bond donors (Lipinski definition) is 1. The first-order valence-corrected chi connectivity index (χ1v) is 7.24. The first-order valence-electron chi connectivity index (χ1n) is 7.24. The molecular weight excluding hydrogens is 244 g/mol. The molecule has 0 aromatic heterocycles. The molecule has 0 amide bonds. The minimum atomic E-state index is -0.0653. The largest absolute Gasteiger partial charge is 0.385 e. The molecule has 5 heteroatoms. The summed E-state index contributed by atoms with van der Waals surface area (Å²) in [4.78, 5) is 2.36. The molecule has 0 aromatic carbocycles. The second-order valence-electron chi connectivity index (χ2n) is 4.82. The van der Waals surface area contributed by atoms with Gasteiger partial charge in [-0.2, -0.15) is 0 Å². The molecule has 0 fully saturated rings. The Morgan fingerprint density at radius 2 is 1.53 bits per heavy atom. The summed E-state index contributed by atoms with van der Waals surface area (Å²) in [5, 5.41) is 0. The molecule has 0 spiro atoms. The smallest absolute Gasteiger partial charge is 0.0593 e. The van der Waals surface area contributed by atoms with Crippen LogP contribution in [0.4, 0.5) is 0 Å². The van der Waals surface area contributed by atoms with E-state index in [1.165, 1.54) is 0 Å². The lowest BCUT2D eigenvalue weighted by Gasteiger charge is -2.40. The van der Waals surface area contributed by atoms with Crippen molar-refractivity contribution >= 4 is 0 Å². The van der Waals surface area contributed by atoms with Crippen molar-refractivity contribution in [1.29, 1.82) is 0 Å². The average Bonchev–Trinajstić information content (AvgIpc) is 2.43. The Hall–Kier alpha value is -0.200. The van der Waals surface area contributed by atoms with Crippen molar-refractivity contribution in [3.63, 3.8) is 0 Å². The lowest BCUT2D eigenvalue weighted by molar-refractivity contribution is 0.0154. The number of methoxy groups -OCH3 is 1. The van der Waals surface area contributed by atoms with Crippen LogP contribution < -0.4 is 5.73 Å². The van der Waals surface area contributed by atoms with Gasteiger partial charge in [0.1, 0.15) is 0 Å². The van der Waals surface area contributed by atoms with Gasteiger partial charge in [-0.25, -0.2) is 0 Å². The van der Waals surface area contributed by atoms with Gasteiger partial charge in [0.2, 0.25) is 0 Å². The molecule has 0 rings (SSSR count). The Balaban J connectivity index is 4.44. The van der Waals surface area contributed by atoms with Crippen LogP contribution in [0, 0.1) is 0 Å². The normalized spacial score (nSPS) is 14.8. The summed E-state index contributed by atoms with van der Waals surface area (Å²) in [6.45, 7) is 12.2. The molecule has 2 N–H and O–H groups in total. The topological polar surface area (TPSA) is 57.0 Å². The standard InChI is InChI=1S/C14H32N2O3/c1-5-18-11-8-16(9-12-19-6-2)14(3,13-15)7-10-17-4/h5-13,15H2,1-4H3. The predicted octanol–water partition coefficient (Wildman–Crippen LogP) is 1.12. The monoisotopic (exact) mass is 276 g/mol. The zero-order valence-corrected chi connectivity index (χ0v) is 13.1. The first-order chi connectivity index (χ1) is 9.14. The van der Waals surface area contributed by atoms with Crippen LogP contribution in [0.15, 0.2) is 0 Å². The summed E-state index contributed by atoms with van der Waals surface area (Å²) in [5.74, 6) is 0. The third-order valence-corrected chi connectivity index (χ3v) is 3.47. The van der Waals surface area contributed by atoms with Gasteiger partial charge in [-0.05, 0) is 27.2 Å². The van der Waals surface area contributed by atoms with Gasteiger partial charge in [0.05, 0.1) is 13.2 Å². The maximum Gasteiger partial charge on any atom is 0.0593 e. The molecule has 0 saturated heterocycles. The van der Waals surface area contributed by atoms with E-state index >= 15 is 0 Å². The maximum absolute atomic E-state index is 5.98. The lowest BCUT2D eigenvalue weighted by Crippen LogP contribution is -2.54. The highest BCUT2D eigenvalue weighted by Gasteiger charge is 2.29. The van der Waals surface area contributed by atoms with Gasteiger partial charge in [-0.3, -0.25) is 4.90 Å². The molecule has 0 saturated carbocycles. The highest BCUT2D eigenvalue weighted by molar-refractivity contribution is 4.87. The second kappa shape index (κ2) is 11.6. The van der Waals surface area contributed by atoms with Crippen LogP contribution in [0.25, 0.3) is 0 Å². The van der Waals surface area contributed by atoms with E-state index in [-0.39, 0.29) is 5.54 Å². The van der Waals surface area contributed by atoms with Gasteiger partial charge in [-0.1, -0.05) is 0 Å². The van der Waals surface area contributed by atoms with Gasteiger partial charge in [0, 0.05) is 52.1 Å². The van der Waals surface area contributed by atoms with E-state index in [0.29, 0.717) is 13.2 Å². The Morgan fingerprint density at radius 3 is 1.89 bits per heavy atom. The third-order valence-electron chi connectivity index (χ3n) is 3.47. The lowest BCUT2D eigenvalue weighted by atomic mass is 9.95. The number of nitrogens with two attached hydrogens (primary N) is 1. The van der Waals surface area contributed by atoms with Crippen molar-refractivity contribution in [3.8, 4) is 0 Å². The zero-order chi connectivity index (χ0) is 14.6. The minimum absolute atomic E-state index is 0.0653. The quantitative estimate of drug-likeness (QED) is 0.511. The van der Waals surface area contributed by atoms with E-state index in [9.17, 15) is 0 Å². The Labute approximate surface area is 118 Å². The Morgan fingerprint density at radius 1 is 1.00 bits per heavy atom. The first kappa shape index (κ1) is 18.8. The van der Waals surface area contributed by atoms with Gasteiger partial charge in [0.25, 0.3) is 0 Å². The summed E-state index contributed by atoms with van der Waals surface area (Å²) >= 11 is 0. The van der Waals surface area contributed by atoms with Gasteiger partial charge >= 0.3 is 0 Å². The molecule has 0 radical (unpaired) electrons. The van der Waals surface area contributed by atoms with E-state index < -0.39 is 0 Å². The molecule has 5 nitrogen and oxygen atoms in total. The van der Waals surface area contributed by atoms with Crippen molar-refractivity contribution in [2.75, 3.05) is 59.8 Å². The third kappa shape index (κ3) is 7.84. The van der Waals surface area contributed by atoms with Crippen LogP contribution in [0.2, 0.25) is 0 Å². The average molecular weight is 276 g/mol. The van der Waals surface area contributed by atoms with Crippen molar-refractivity contribution in [1.82, 2.24) is 4.90 Å². The van der Waals surface area contributed by atoms with E-state index in [1.54, 1.807) is 7.11 Å². The molecule has 1 unspecified atom stereocenters. The Kier molecular flexibility index (Phi) is 11.5. The highest BCUT2D eigenvalue weighted by Crippen LogP contribution is 2.18. The molecule has 19 heavy (non-hydrogen) atoms. The van der Waals surface area contributed by atoms with Gasteiger partial charge in [-0.15, -0.1) is 0 Å². The molecule has 0 heterocycles. The van der Waals surface area contributed by atoms with Crippen molar-refractivity contribution in [2.45, 2.75) is 32.7 Å². The van der Waals surface area contributed by atoms with Crippen LogP contribution in [0.3, 0.4) is 0 Å². The molecule has 0 aliphatic carbocycles. The summed E-state index contributed by atoms with van der Waals surface area (Å²) in [5.41, 5.74) is 5.91. The van der Waals surface area contributed by atoms with Crippen molar-refractivity contribution in [2.24, 2.45) is 5.73 Å². The Bertz CT molecular complexity index is 195. The highest BCUT2D eigenvalue weighted by atomic mass is 16.5. The molecule has 116 valence electrons. The SMILES string of the molecule is CCOCCN(CCOCC)C(C)(CN)CCOC. The summed E-state index contributed by atoms with van der Waals surface area (Å²) in [7, 11) is 1.72. The van der Waals surface area contributed by atoms with Crippen LogP contribution in [-0.4, -0.2) is 70.2 Å². The molecule has 0 bridgehead atoms. The van der Waals surface area contributed by atoms with E-state index in [4.69, 9.17) is 19.9 Å². The maximum atomic E-state index is 5.98. The molecule has 1 atom stereocenters. The summed E-state index contributed by atoms with van der Waals surface area (Å²) < 4.78 is 16.1. The fraction of sp³-hybridized carbons (Fsp3) is 1.00. The van der Waals surface area contributed by atoms with Crippen LogP contribution in [0.5, 0.6) is 0 Å². The number of hydrogen-bond acceptors (Lipinski definition) is 5. The number of nitrogens with zero attached hydrogens (tertiary/aromatic N) is 1. The molecule has 0 aromatic rings.